The fourth-order valence-corrected chi connectivity index (χ4v) is 7.05. The molecule has 1 heterocycles. The molecule has 1 saturated carbocycles. The van der Waals surface area contributed by atoms with E-state index in [-0.39, 0.29) is 0 Å². The highest BCUT2D eigenvalue weighted by Gasteiger charge is 2.76. The van der Waals surface area contributed by atoms with Gasteiger partial charge in [0, 0.05) is 23.7 Å². The SMILES string of the molecule is CC(C)(C)[C@H]1CC[C@]2(C)[C@H](C1)[S+]2c1ccccc1. The van der Waals surface area contributed by atoms with E-state index < -0.39 is 0 Å². The quantitative estimate of drug-likeness (QED) is 0.510. The van der Waals surface area contributed by atoms with Gasteiger partial charge in [-0.25, -0.2) is 0 Å². The zero-order valence-corrected chi connectivity index (χ0v) is 12.9. The third-order valence-electron chi connectivity index (χ3n) is 5.12. The molecule has 2 aliphatic rings. The molecule has 1 aliphatic heterocycles. The lowest BCUT2D eigenvalue weighted by molar-refractivity contribution is 0.182. The minimum absolute atomic E-state index is 0.496. The fourth-order valence-electron chi connectivity index (χ4n) is 3.70. The molecule has 2 fully saturated rings. The maximum Gasteiger partial charge on any atom is 0.178 e. The van der Waals surface area contributed by atoms with Crippen LogP contribution in [0.1, 0.15) is 47.0 Å². The normalized spacial score (nSPS) is 39.2. The van der Waals surface area contributed by atoms with Gasteiger partial charge in [-0.3, -0.25) is 0 Å². The maximum absolute atomic E-state index is 2.53. The average Bonchev–Trinajstić information content (AvgIpc) is 2.93. The van der Waals surface area contributed by atoms with Gasteiger partial charge in [0.15, 0.2) is 14.9 Å². The summed E-state index contributed by atoms with van der Waals surface area (Å²) in [7, 11) is 0.537. The molecule has 0 radical (unpaired) electrons. The van der Waals surface area contributed by atoms with Crippen LogP contribution in [-0.2, 0) is 10.9 Å². The summed E-state index contributed by atoms with van der Waals surface area (Å²) < 4.78 is 0.642. The predicted octanol–water partition coefficient (Wildman–Crippen LogP) is 4.65. The van der Waals surface area contributed by atoms with Crippen LogP contribution in [0.5, 0.6) is 0 Å². The first-order valence-electron chi connectivity index (χ1n) is 7.21. The van der Waals surface area contributed by atoms with Crippen molar-refractivity contribution in [3.8, 4) is 0 Å². The summed E-state index contributed by atoms with van der Waals surface area (Å²) in [6.07, 6.45) is 4.34. The highest BCUT2D eigenvalue weighted by atomic mass is 32.2. The van der Waals surface area contributed by atoms with Crippen molar-refractivity contribution in [1.82, 2.24) is 0 Å². The molecule has 1 aliphatic carbocycles. The van der Waals surface area contributed by atoms with Crippen LogP contribution in [0.3, 0.4) is 0 Å². The molecule has 1 aromatic rings. The Morgan fingerprint density at radius 2 is 1.83 bits per heavy atom. The van der Waals surface area contributed by atoms with Crippen molar-refractivity contribution in [3.05, 3.63) is 30.3 Å². The molecule has 0 amide bonds. The van der Waals surface area contributed by atoms with E-state index in [2.05, 4.69) is 58.0 Å². The number of hydrogen-bond donors (Lipinski definition) is 0. The molecule has 0 nitrogen and oxygen atoms in total. The molecular weight excluding hydrogens is 236 g/mol. The summed E-state index contributed by atoms with van der Waals surface area (Å²) in [5.74, 6) is 0.928. The Kier molecular flexibility index (Phi) is 2.82. The molecule has 0 bridgehead atoms. The van der Waals surface area contributed by atoms with Gasteiger partial charge in [-0.15, -0.1) is 0 Å². The van der Waals surface area contributed by atoms with E-state index in [1.807, 2.05) is 0 Å². The van der Waals surface area contributed by atoms with E-state index in [0.717, 1.165) is 11.2 Å². The molecular formula is C17H25S+. The summed E-state index contributed by atoms with van der Waals surface area (Å²) >= 11 is 0. The standard InChI is InChI=1S/C17H25S/c1-16(2,3)13-10-11-17(4)15(12-13)18(17)14-8-6-5-7-9-14/h5-9,13,15H,10-12H2,1-4H3/q+1/t13-,15-,17+,18?/m0/s1. The van der Waals surface area contributed by atoms with E-state index in [1.165, 1.54) is 19.3 Å². The van der Waals surface area contributed by atoms with Crippen LogP contribution in [-0.4, -0.2) is 10.00 Å². The lowest BCUT2D eigenvalue weighted by Crippen LogP contribution is -2.29. The molecule has 3 rings (SSSR count). The van der Waals surface area contributed by atoms with E-state index in [4.69, 9.17) is 0 Å². The Bertz CT molecular complexity index is 431. The number of rotatable bonds is 1. The van der Waals surface area contributed by atoms with E-state index in [9.17, 15) is 0 Å². The molecule has 1 unspecified atom stereocenters. The molecule has 0 aromatic heterocycles. The van der Waals surface area contributed by atoms with E-state index >= 15 is 0 Å². The molecule has 0 N–H and O–H groups in total. The van der Waals surface area contributed by atoms with E-state index in [1.54, 1.807) is 4.90 Å². The van der Waals surface area contributed by atoms with Crippen LogP contribution in [0.2, 0.25) is 0 Å². The van der Waals surface area contributed by atoms with Gasteiger partial charge in [-0.1, -0.05) is 39.0 Å². The van der Waals surface area contributed by atoms with Crippen LogP contribution >= 0.6 is 0 Å². The highest BCUT2D eigenvalue weighted by molar-refractivity contribution is 8.06. The Morgan fingerprint density at radius 3 is 2.44 bits per heavy atom. The van der Waals surface area contributed by atoms with Crippen molar-refractivity contribution in [1.29, 1.82) is 0 Å². The summed E-state index contributed by atoms with van der Waals surface area (Å²) in [5, 5.41) is 0.970. The third kappa shape index (κ3) is 1.91. The Labute approximate surface area is 115 Å². The zero-order chi connectivity index (χ0) is 13.0. The first kappa shape index (κ1) is 12.6. The molecule has 98 valence electrons. The molecule has 4 atom stereocenters. The van der Waals surface area contributed by atoms with Crippen molar-refractivity contribution in [2.45, 2.75) is 61.8 Å². The first-order chi connectivity index (χ1) is 8.43. The number of hydrogen-bond acceptors (Lipinski definition) is 0. The number of benzene rings is 1. The minimum Gasteiger partial charge on any atom is -0.0619 e. The summed E-state index contributed by atoms with van der Waals surface area (Å²) in [4.78, 5) is 1.61. The second-order valence-electron chi connectivity index (χ2n) is 7.29. The Hall–Kier alpha value is -0.430. The topological polar surface area (TPSA) is 0 Å². The second kappa shape index (κ2) is 4.03. The van der Waals surface area contributed by atoms with Gasteiger partial charge in [0.2, 0.25) is 0 Å². The van der Waals surface area contributed by atoms with Crippen LogP contribution in [0, 0.1) is 11.3 Å². The first-order valence-corrected chi connectivity index (χ1v) is 8.50. The molecule has 1 saturated heterocycles. The second-order valence-corrected chi connectivity index (χ2v) is 9.94. The van der Waals surface area contributed by atoms with Crippen molar-refractivity contribution in [3.63, 3.8) is 0 Å². The molecule has 1 aromatic carbocycles. The lowest BCUT2D eigenvalue weighted by atomic mass is 9.70. The monoisotopic (exact) mass is 261 g/mol. The van der Waals surface area contributed by atoms with Crippen molar-refractivity contribution < 1.29 is 0 Å². The largest absolute Gasteiger partial charge is 0.178 e. The molecule has 0 spiro atoms. The van der Waals surface area contributed by atoms with Gasteiger partial charge >= 0.3 is 0 Å². The fraction of sp³-hybridized carbons (Fsp3) is 0.647. The van der Waals surface area contributed by atoms with Crippen molar-refractivity contribution in [2.75, 3.05) is 0 Å². The Balaban J connectivity index is 1.79. The van der Waals surface area contributed by atoms with Crippen LogP contribution in [0.25, 0.3) is 0 Å². The van der Waals surface area contributed by atoms with Crippen LogP contribution in [0.15, 0.2) is 35.2 Å². The average molecular weight is 261 g/mol. The molecule has 18 heavy (non-hydrogen) atoms. The zero-order valence-electron chi connectivity index (χ0n) is 12.1. The third-order valence-corrected chi connectivity index (χ3v) is 8.42. The minimum atomic E-state index is 0.496. The summed E-state index contributed by atoms with van der Waals surface area (Å²) in [5.41, 5.74) is 0.496. The smallest absolute Gasteiger partial charge is 0.0619 e. The van der Waals surface area contributed by atoms with Gasteiger partial charge < -0.3 is 0 Å². The van der Waals surface area contributed by atoms with Gasteiger partial charge in [-0.2, -0.15) is 0 Å². The van der Waals surface area contributed by atoms with Crippen LogP contribution in [0.4, 0.5) is 0 Å². The van der Waals surface area contributed by atoms with Crippen molar-refractivity contribution in [2.24, 2.45) is 11.3 Å². The maximum atomic E-state index is 2.53. The van der Waals surface area contributed by atoms with Crippen molar-refractivity contribution >= 4 is 10.9 Å². The summed E-state index contributed by atoms with van der Waals surface area (Å²) in [6, 6.07) is 11.2. The van der Waals surface area contributed by atoms with Gasteiger partial charge in [0.25, 0.3) is 0 Å². The lowest BCUT2D eigenvalue weighted by Gasteiger charge is -2.32. The predicted molar refractivity (Wildman–Crippen MR) is 81.1 cm³/mol. The number of fused-ring (bicyclic) bond motifs is 1. The van der Waals surface area contributed by atoms with Gasteiger partial charge in [0.05, 0.1) is 0 Å². The van der Waals surface area contributed by atoms with Crippen LogP contribution < -0.4 is 0 Å². The van der Waals surface area contributed by atoms with Gasteiger partial charge in [-0.05, 0) is 36.8 Å². The van der Waals surface area contributed by atoms with Gasteiger partial charge in [0.1, 0.15) is 0 Å². The summed E-state index contributed by atoms with van der Waals surface area (Å²) in [6.45, 7) is 9.79. The Morgan fingerprint density at radius 1 is 1.17 bits per heavy atom. The van der Waals surface area contributed by atoms with E-state index in [0.29, 0.717) is 21.1 Å². The molecule has 1 heteroatoms. The highest BCUT2D eigenvalue weighted by Crippen LogP contribution is 2.62.